The van der Waals surface area contributed by atoms with E-state index < -0.39 is 0 Å². The number of piperidine rings is 1. The van der Waals surface area contributed by atoms with Crippen molar-refractivity contribution in [1.29, 1.82) is 0 Å². The first-order chi connectivity index (χ1) is 8.28. The van der Waals surface area contributed by atoms with E-state index >= 15 is 0 Å². The fraction of sp³-hybridized carbons (Fsp3) is 0.643. The minimum absolute atomic E-state index is 0.841. The van der Waals surface area contributed by atoms with Gasteiger partial charge in [-0.25, -0.2) is 0 Å². The van der Waals surface area contributed by atoms with Gasteiger partial charge in [-0.05, 0) is 63.9 Å². The fourth-order valence-electron chi connectivity index (χ4n) is 2.38. The average molecular weight is 234 g/mol. The summed E-state index contributed by atoms with van der Waals surface area (Å²) in [5.41, 5.74) is 1.18. The molecule has 1 aromatic rings. The van der Waals surface area contributed by atoms with Crippen molar-refractivity contribution in [3.63, 3.8) is 0 Å². The molecule has 1 saturated heterocycles. The maximum atomic E-state index is 5.11. The molecule has 0 aliphatic carbocycles. The maximum Gasteiger partial charge on any atom is 0.137 e. The number of methoxy groups -OCH3 is 1. The van der Waals surface area contributed by atoms with Crippen LogP contribution in [0.25, 0.3) is 0 Å². The number of aromatic nitrogens is 1. The molecule has 1 fully saturated rings. The van der Waals surface area contributed by atoms with Gasteiger partial charge in [0.2, 0.25) is 0 Å². The van der Waals surface area contributed by atoms with Crippen molar-refractivity contribution in [2.24, 2.45) is 5.92 Å². The summed E-state index contributed by atoms with van der Waals surface area (Å²) >= 11 is 0. The van der Waals surface area contributed by atoms with Crippen LogP contribution in [0.15, 0.2) is 18.3 Å². The highest BCUT2D eigenvalue weighted by atomic mass is 16.5. The van der Waals surface area contributed by atoms with E-state index in [9.17, 15) is 0 Å². The highest BCUT2D eigenvalue weighted by molar-refractivity contribution is 5.19. The molecule has 0 aromatic carbocycles. The van der Waals surface area contributed by atoms with Crippen molar-refractivity contribution < 1.29 is 4.74 Å². The van der Waals surface area contributed by atoms with E-state index in [0.717, 1.165) is 18.1 Å². The van der Waals surface area contributed by atoms with E-state index in [4.69, 9.17) is 4.74 Å². The van der Waals surface area contributed by atoms with E-state index in [1.54, 1.807) is 7.11 Å². The zero-order chi connectivity index (χ0) is 12.1. The molecular weight excluding hydrogens is 212 g/mol. The Morgan fingerprint density at radius 1 is 1.35 bits per heavy atom. The molecule has 1 aliphatic heterocycles. The van der Waals surface area contributed by atoms with Gasteiger partial charge < -0.3 is 9.64 Å². The van der Waals surface area contributed by atoms with Crippen molar-refractivity contribution in [3.8, 4) is 5.75 Å². The van der Waals surface area contributed by atoms with Gasteiger partial charge in [-0.3, -0.25) is 4.98 Å². The number of hydrogen-bond donors (Lipinski definition) is 0. The molecule has 0 N–H and O–H groups in total. The largest absolute Gasteiger partial charge is 0.495 e. The molecule has 0 atom stereocenters. The van der Waals surface area contributed by atoms with E-state index in [0.29, 0.717) is 0 Å². The molecule has 1 aliphatic rings. The first-order valence-electron chi connectivity index (χ1n) is 6.45. The van der Waals surface area contributed by atoms with E-state index in [2.05, 4.69) is 23.0 Å². The molecule has 3 heteroatoms. The Hall–Kier alpha value is -1.09. The Morgan fingerprint density at radius 2 is 2.12 bits per heavy atom. The third-order valence-electron chi connectivity index (χ3n) is 3.68. The first kappa shape index (κ1) is 12.4. The molecule has 17 heavy (non-hydrogen) atoms. The topological polar surface area (TPSA) is 25.4 Å². The molecule has 3 nitrogen and oxygen atoms in total. The molecule has 2 rings (SSSR count). The number of aryl methyl sites for hydroxylation is 1. The lowest BCUT2D eigenvalue weighted by Crippen LogP contribution is -2.30. The second kappa shape index (κ2) is 6.01. The van der Waals surface area contributed by atoms with Crippen LogP contribution in [0.5, 0.6) is 5.75 Å². The lowest BCUT2D eigenvalue weighted by Gasteiger charge is -2.28. The lowest BCUT2D eigenvalue weighted by atomic mass is 9.92. The molecule has 0 spiro atoms. The van der Waals surface area contributed by atoms with Crippen molar-refractivity contribution in [2.75, 3.05) is 27.2 Å². The Bertz CT molecular complexity index is 329. The molecule has 2 heterocycles. The monoisotopic (exact) mass is 234 g/mol. The molecule has 1 aromatic heterocycles. The number of hydrogen-bond acceptors (Lipinski definition) is 3. The SMILES string of the molecule is COc1ccc(CCC2CCN(C)CC2)nc1. The van der Waals surface area contributed by atoms with Crippen molar-refractivity contribution >= 4 is 0 Å². The quantitative estimate of drug-likeness (QED) is 0.799. The number of pyridine rings is 1. The highest BCUT2D eigenvalue weighted by Crippen LogP contribution is 2.21. The van der Waals surface area contributed by atoms with Crippen LogP contribution >= 0.6 is 0 Å². The van der Waals surface area contributed by atoms with Gasteiger partial charge >= 0.3 is 0 Å². The Labute approximate surface area is 104 Å². The van der Waals surface area contributed by atoms with E-state index in [-0.39, 0.29) is 0 Å². The standard InChI is InChI=1S/C14H22N2O/c1-16-9-7-12(8-10-16)3-4-13-5-6-14(17-2)11-15-13/h5-6,11-12H,3-4,7-10H2,1-2H3. The van der Waals surface area contributed by atoms with Gasteiger partial charge in [0.1, 0.15) is 5.75 Å². The molecule has 0 amide bonds. The summed E-state index contributed by atoms with van der Waals surface area (Å²) in [6.07, 6.45) is 6.86. The summed E-state index contributed by atoms with van der Waals surface area (Å²) in [5.74, 6) is 1.73. The van der Waals surface area contributed by atoms with Crippen LogP contribution in [0.2, 0.25) is 0 Å². The summed E-state index contributed by atoms with van der Waals surface area (Å²) in [6.45, 7) is 2.50. The van der Waals surface area contributed by atoms with Crippen LogP contribution in [-0.4, -0.2) is 37.1 Å². The van der Waals surface area contributed by atoms with E-state index in [1.807, 2.05) is 12.3 Å². The minimum atomic E-state index is 0.841. The second-order valence-electron chi connectivity index (χ2n) is 4.97. The summed E-state index contributed by atoms with van der Waals surface area (Å²) < 4.78 is 5.11. The zero-order valence-corrected chi connectivity index (χ0v) is 10.9. The van der Waals surface area contributed by atoms with Crippen molar-refractivity contribution in [3.05, 3.63) is 24.0 Å². The summed E-state index contributed by atoms with van der Waals surface area (Å²) in [6, 6.07) is 4.07. The Balaban J connectivity index is 1.77. The third-order valence-corrected chi connectivity index (χ3v) is 3.68. The lowest BCUT2D eigenvalue weighted by molar-refractivity contribution is 0.212. The smallest absolute Gasteiger partial charge is 0.137 e. The van der Waals surface area contributed by atoms with Gasteiger partial charge in [0.25, 0.3) is 0 Å². The van der Waals surface area contributed by atoms with E-state index in [1.165, 1.54) is 38.0 Å². The first-order valence-corrected chi connectivity index (χ1v) is 6.45. The van der Waals surface area contributed by atoms with Gasteiger partial charge in [0.05, 0.1) is 13.3 Å². The molecular formula is C14H22N2O. The zero-order valence-electron chi connectivity index (χ0n) is 10.9. The van der Waals surface area contributed by atoms with Crippen LogP contribution in [0.1, 0.15) is 25.0 Å². The summed E-state index contributed by atoms with van der Waals surface area (Å²) in [7, 11) is 3.89. The van der Waals surface area contributed by atoms with Crippen LogP contribution < -0.4 is 4.74 Å². The van der Waals surface area contributed by atoms with Gasteiger partial charge in [0, 0.05) is 5.69 Å². The predicted octanol–water partition coefficient (Wildman–Crippen LogP) is 2.36. The van der Waals surface area contributed by atoms with Gasteiger partial charge in [-0.2, -0.15) is 0 Å². The molecule has 0 bridgehead atoms. The van der Waals surface area contributed by atoms with Crippen LogP contribution in [-0.2, 0) is 6.42 Å². The Kier molecular flexibility index (Phi) is 4.37. The fourth-order valence-corrected chi connectivity index (χ4v) is 2.38. The third kappa shape index (κ3) is 3.70. The van der Waals surface area contributed by atoms with Crippen molar-refractivity contribution in [1.82, 2.24) is 9.88 Å². The molecule has 0 unspecified atom stereocenters. The number of likely N-dealkylation sites (tertiary alicyclic amines) is 1. The average Bonchev–Trinajstić information content (AvgIpc) is 2.39. The predicted molar refractivity (Wildman–Crippen MR) is 69.3 cm³/mol. The van der Waals surface area contributed by atoms with Crippen LogP contribution in [0, 0.1) is 5.92 Å². The summed E-state index contributed by atoms with van der Waals surface area (Å²) in [4.78, 5) is 6.83. The van der Waals surface area contributed by atoms with Crippen LogP contribution in [0.3, 0.4) is 0 Å². The van der Waals surface area contributed by atoms with Gasteiger partial charge in [0.15, 0.2) is 0 Å². The maximum absolute atomic E-state index is 5.11. The number of rotatable bonds is 4. The van der Waals surface area contributed by atoms with Crippen molar-refractivity contribution in [2.45, 2.75) is 25.7 Å². The second-order valence-corrected chi connectivity index (χ2v) is 4.97. The Morgan fingerprint density at radius 3 is 2.71 bits per heavy atom. The molecule has 0 saturated carbocycles. The molecule has 94 valence electrons. The van der Waals surface area contributed by atoms with Crippen LogP contribution in [0.4, 0.5) is 0 Å². The number of ether oxygens (including phenoxy) is 1. The minimum Gasteiger partial charge on any atom is -0.495 e. The summed E-state index contributed by atoms with van der Waals surface area (Å²) in [5, 5.41) is 0. The normalized spacial score (nSPS) is 18.2. The van der Waals surface area contributed by atoms with Gasteiger partial charge in [-0.1, -0.05) is 0 Å². The van der Waals surface area contributed by atoms with Gasteiger partial charge in [-0.15, -0.1) is 0 Å². The highest BCUT2D eigenvalue weighted by Gasteiger charge is 2.16. The molecule has 0 radical (unpaired) electrons. The number of nitrogens with zero attached hydrogens (tertiary/aromatic N) is 2.